The van der Waals surface area contributed by atoms with Gasteiger partial charge in [-0.15, -0.1) is 0 Å². The summed E-state index contributed by atoms with van der Waals surface area (Å²) in [6, 6.07) is 9.90. The van der Waals surface area contributed by atoms with E-state index >= 15 is 0 Å². The van der Waals surface area contributed by atoms with Crippen LogP contribution in [0.4, 0.5) is 11.5 Å². The van der Waals surface area contributed by atoms with Crippen LogP contribution in [-0.2, 0) is 0 Å². The van der Waals surface area contributed by atoms with Crippen LogP contribution in [0.2, 0.25) is 5.28 Å². The molecule has 0 aliphatic rings. The number of nitrogens with one attached hydrogen (secondary N) is 1. The third-order valence-electron chi connectivity index (χ3n) is 2.83. The first-order valence-electron chi connectivity index (χ1n) is 5.84. The van der Waals surface area contributed by atoms with Gasteiger partial charge in [0.15, 0.2) is 0 Å². The highest BCUT2D eigenvalue weighted by Crippen LogP contribution is 2.25. The van der Waals surface area contributed by atoms with Gasteiger partial charge in [0, 0.05) is 23.3 Å². The standard InChI is InChI=1S/C14H11ClN4/c1-9-8-17-14(15)19-13(9)18-11-6-2-4-10-5-3-7-16-12(10)11/h2-8H,1H3,(H,17,18,19). The predicted molar refractivity (Wildman–Crippen MR) is 76.8 cm³/mol. The van der Waals surface area contributed by atoms with Gasteiger partial charge >= 0.3 is 0 Å². The Labute approximate surface area is 115 Å². The Morgan fingerprint density at radius 1 is 1.11 bits per heavy atom. The number of aromatic nitrogens is 3. The van der Waals surface area contributed by atoms with Gasteiger partial charge in [-0.1, -0.05) is 18.2 Å². The number of aryl methyl sites for hydroxylation is 1. The fraction of sp³-hybridized carbons (Fsp3) is 0.0714. The molecule has 0 saturated carbocycles. The van der Waals surface area contributed by atoms with Crippen molar-refractivity contribution < 1.29 is 0 Å². The third kappa shape index (κ3) is 2.35. The summed E-state index contributed by atoms with van der Waals surface area (Å²) < 4.78 is 0. The maximum Gasteiger partial charge on any atom is 0.224 e. The molecule has 0 amide bonds. The van der Waals surface area contributed by atoms with E-state index in [1.807, 2.05) is 37.3 Å². The molecule has 2 aromatic heterocycles. The quantitative estimate of drug-likeness (QED) is 0.721. The van der Waals surface area contributed by atoms with E-state index in [1.54, 1.807) is 12.4 Å². The van der Waals surface area contributed by atoms with Crippen LogP contribution < -0.4 is 5.32 Å². The van der Waals surface area contributed by atoms with Gasteiger partial charge in [-0.2, -0.15) is 0 Å². The second kappa shape index (κ2) is 4.82. The van der Waals surface area contributed by atoms with Crippen molar-refractivity contribution in [2.24, 2.45) is 0 Å². The first kappa shape index (κ1) is 11.9. The maximum absolute atomic E-state index is 5.82. The minimum Gasteiger partial charge on any atom is -0.338 e. The number of nitrogens with zero attached hydrogens (tertiary/aromatic N) is 3. The Morgan fingerprint density at radius 2 is 1.95 bits per heavy atom. The van der Waals surface area contributed by atoms with E-state index in [-0.39, 0.29) is 5.28 Å². The van der Waals surface area contributed by atoms with Crippen molar-refractivity contribution >= 4 is 34.0 Å². The molecule has 19 heavy (non-hydrogen) atoms. The zero-order valence-electron chi connectivity index (χ0n) is 10.3. The fourth-order valence-electron chi connectivity index (χ4n) is 1.88. The molecule has 0 aliphatic heterocycles. The van der Waals surface area contributed by atoms with Crippen LogP contribution in [0.15, 0.2) is 42.7 Å². The highest BCUT2D eigenvalue weighted by molar-refractivity contribution is 6.28. The second-order valence-electron chi connectivity index (χ2n) is 4.18. The number of para-hydroxylation sites is 1. The molecule has 1 N–H and O–H groups in total. The highest BCUT2D eigenvalue weighted by Gasteiger charge is 2.06. The lowest BCUT2D eigenvalue weighted by atomic mass is 10.2. The molecule has 0 saturated heterocycles. The van der Waals surface area contributed by atoms with Gasteiger partial charge in [0.1, 0.15) is 5.82 Å². The van der Waals surface area contributed by atoms with E-state index < -0.39 is 0 Å². The van der Waals surface area contributed by atoms with Crippen LogP contribution in [0, 0.1) is 6.92 Å². The van der Waals surface area contributed by atoms with Crippen molar-refractivity contribution in [3.8, 4) is 0 Å². The second-order valence-corrected chi connectivity index (χ2v) is 4.51. The predicted octanol–water partition coefficient (Wildman–Crippen LogP) is 3.73. The number of halogens is 1. The SMILES string of the molecule is Cc1cnc(Cl)nc1Nc1cccc2cccnc12. The van der Waals surface area contributed by atoms with E-state index in [0.29, 0.717) is 5.82 Å². The topological polar surface area (TPSA) is 50.7 Å². The molecule has 4 nitrogen and oxygen atoms in total. The summed E-state index contributed by atoms with van der Waals surface area (Å²) in [6.07, 6.45) is 3.46. The van der Waals surface area contributed by atoms with Gasteiger partial charge in [0.2, 0.25) is 5.28 Å². The Hall–Kier alpha value is -2.20. The monoisotopic (exact) mass is 270 g/mol. The minimum atomic E-state index is 0.223. The summed E-state index contributed by atoms with van der Waals surface area (Å²) in [4.78, 5) is 12.5. The zero-order valence-corrected chi connectivity index (χ0v) is 11.0. The lowest BCUT2D eigenvalue weighted by Crippen LogP contribution is -1.99. The number of pyridine rings is 1. The molecule has 0 bridgehead atoms. The fourth-order valence-corrected chi connectivity index (χ4v) is 2.01. The lowest BCUT2D eigenvalue weighted by Gasteiger charge is -2.10. The number of benzene rings is 1. The van der Waals surface area contributed by atoms with Gasteiger partial charge in [-0.05, 0) is 30.7 Å². The number of fused-ring (bicyclic) bond motifs is 1. The van der Waals surface area contributed by atoms with Crippen molar-refractivity contribution in [1.82, 2.24) is 15.0 Å². The molecule has 0 fully saturated rings. The molecular formula is C14H11ClN4. The van der Waals surface area contributed by atoms with Crippen LogP contribution in [0.25, 0.3) is 10.9 Å². The largest absolute Gasteiger partial charge is 0.338 e. The average Bonchev–Trinajstić information content (AvgIpc) is 2.43. The molecule has 3 rings (SSSR count). The zero-order chi connectivity index (χ0) is 13.2. The van der Waals surface area contributed by atoms with Gasteiger partial charge in [-0.25, -0.2) is 9.97 Å². The number of anilines is 2. The molecule has 2 heterocycles. The molecule has 0 radical (unpaired) electrons. The van der Waals surface area contributed by atoms with Gasteiger partial charge in [-0.3, -0.25) is 4.98 Å². The van der Waals surface area contributed by atoms with E-state index in [2.05, 4.69) is 20.3 Å². The summed E-state index contributed by atoms with van der Waals surface area (Å²) in [5.41, 5.74) is 2.73. The summed E-state index contributed by atoms with van der Waals surface area (Å²) in [7, 11) is 0. The smallest absolute Gasteiger partial charge is 0.224 e. The number of hydrogen-bond acceptors (Lipinski definition) is 4. The van der Waals surface area contributed by atoms with E-state index in [1.165, 1.54) is 0 Å². The molecule has 0 unspecified atom stereocenters. The number of rotatable bonds is 2. The van der Waals surface area contributed by atoms with Crippen molar-refractivity contribution in [2.75, 3.05) is 5.32 Å². The number of hydrogen-bond donors (Lipinski definition) is 1. The molecule has 0 spiro atoms. The van der Waals surface area contributed by atoms with Crippen LogP contribution >= 0.6 is 11.6 Å². The van der Waals surface area contributed by atoms with E-state index in [4.69, 9.17) is 11.6 Å². The molecule has 1 aromatic carbocycles. The van der Waals surface area contributed by atoms with Gasteiger partial charge < -0.3 is 5.32 Å². The van der Waals surface area contributed by atoms with E-state index in [9.17, 15) is 0 Å². The minimum absolute atomic E-state index is 0.223. The molecule has 0 aliphatic carbocycles. The Bertz CT molecular complexity index is 737. The van der Waals surface area contributed by atoms with Gasteiger partial charge in [0.25, 0.3) is 0 Å². The average molecular weight is 271 g/mol. The first-order valence-corrected chi connectivity index (χ1v) is 6.22. The van der Waals surface area contributed by atoms with Crippen LogP contribution in [0.5, 0.6) is 0 Å². The first-order chi connectivity index (χ1) is 9.24. The van der Waals surface area contributed by atoms with Gasteiger partial charge in [0.05, 0.1) is 11.2 Å². The molecular weight excluding hydrogens is 260 g/mol. The van der Waals surface area contributed by atoms with Crippen LogP contribution in [0.1, 0.15) is 5.56 Å². The maximum atomic E-state index is 5.82. The Kier molecular flexibility index (Phi) is 3.01. The molecule has 5 heteroatoms. The van der Waals surface area contributed by atoms with Crippen molar-refractivity contribution in [3.63, 3.8) is 0 Å². The van der Waals surface area contributed by atoms with Crippen molar-refractivity contribution in [1.29, 1.82) is 0 Å². The Balaban J connectivity index is 2.08. The molecule has 0 atom stereocenters. The molecule has 3 aromatic rings. The normalized spacial score (nSPS) is 10.6. The summed E-state index contributed by atoms with van der Waals surface area (Å²) in [5.74, 6) is 0.693. The third-order valence-corrected chi connectivity index (χ3v) is 3.01. The summed E-state index contributed by atoms with van der Waals surface area (Å²) in [5, 5.41) is 4.56. The Morgan fingerprint density at radius 3 is 2.84 bits per heavy atom. The lowest BCUT2D eigenvalue weighted by molar-refractivity contribution is 1.13. The summed E-state index contributed by atoms with van der Waals surface area (Å²) >= 11 is 5.82. The van der Waals surface area contributed by atoms with Crippen LogP contribution in [-0.4, -0.2) is 15.0 Å². The molecule has 94 valence electrons. The van der Waals surface area contributed by atoms with Crippen LogP contribution in [0.3, 0.4) is 0 Å². The highest BCUT2D eigenvalue weighted by atomic mass is 35.5. The van der Waals surface area contributed by atoms with Crippen molar-refractivity contribution in [3.05, 3.63) is 53.6 Å². The van der Waals surface area contributed by atoms with E-state index in [0.717, 1.165) is 22.2 Å². The summed E-state index contributed by atoms with van der Waals surface area (Å²) in [6.45, 7) is 1.93. The van der Waals surface area contributed by atoms with Crippen molar-refractivity contribution in [2.45, 2.75) is 6.92 Å².